The molecule has 0 bridgehead atoms. The molecule has 14 heteroatoms. The maximum absolute atomic E-state index is 13.7. The van der Waals surface area contributed by atoms with Crippen molar-refractivity contribution in [1.29, 1.82) is 0 Å². The molecule has 0 radical (unpaired) electrons. The average Bonchev–Trinajstić information content (AvgIpc) is 3.56. The van der Waals surface area contributed by atoms with E-state index in [1.54, 1.807) is 18.3 Å². The van der Waals surface area contributed by atoms with Gasteiger partial charge in [-0.15, -0.1) is 0 Å². The van der Waals surface area contributed by atoms with Crippen LogP contribution in [-0.4, -0.2) is 48.2 Å². The highest BCUT2D eigenvalue weighted by Crippen LogP contribution is 2.32. The first-order valence-corrected chi connectivity index (χ1v) is 12.1. The molecule has 0 amide bonds. The van der Waals surface area contributed by atoms with Gasteiger partial charge in [0.25, 0.3) is 6.43 Å². The molecule has 0 aromatic carbocycles. The van der Waals surface area contributed by atoms with Gasteiger partial charge in [0.2, 0.25) is 0 Å². The molecule has 9 nitrogen and oxygen atoms in total. The molecular formula is C24H26F5N9. The number of halogens is 5. The van der Waals surface area contributed by atoms with Crippen LogP contribution in [0, 0.1) is 0 Å². The molecule has 1 fully saturated rings. The Morgan fingerprint density at radius 2 is 1.95 bits per heavy atom. The monoisotopic (exact) mass is 535 g/mol. The van der Waals surface area contributed by atoms with Gasteiger partial charge in [0.05, 0.1) is 23.1 Å². The maximum Gasteiger partial charge on any atom is 0.333 e. The molecule has 1 atom stereocenters. The smallest absolute Gasteiger partial charge is 0.333 e. The van der Waals surface area contributed by atoms with Gasteiger partial charge in [-0.05, 0) is 43.9 Å². The van der Waals surface area contributed by atoms with Crippen LogP contribution in [0.25, 0.3) is 17.0 Å². The van der Waals surface area contributed by atoms with E-state index >= 15 is 0 Å². The second-order valence-electron chi connectivity index (χ2n) is 9.29. The Kier molecular flexibility index (Phi) is 7.15. The highest BCUT2D eigenvalue weighted by molar-refractivity contribution is 5.78. The molecule has 4 heterocycles. The van der Waals surface area contributed by atoms with Crippen LogP contribution in [0.2, 0.25) is 0 Å². The predicted octanol–water partition coefficient (Wildman–Crippen LogP) is 3.71. The number of nitrogens with one attached hydrogen (secondary N) is 2. The number of hydrogen-bond donors (Lipinski definition) is 3. The van der Waals surface area contributed by atoms with E-state index in [1.165, 1.54) is 30.9 Å². The second kappa shape index (κ2) is 10.5. The third kappa shape index (κ3) is 5.54. The lowest BCUT2D eigenvalue weighted by Crippen LogP contribution is -2.50. The molecule has 0 saturated heterocycles. The molecule has 3 aromatic rings. The van der Waals surface area contributed by atoms with E-state index in [-0.39, 0.29) is 11.9 Å². The molecule has 1 aliphatic carbocycles. The topological polar surface area (TPSA) is 112 Å². The van der Waals surface area contributed by atoms with Gasteiger partial charge in [-0.2, -0.15) is 19.0 Å². The molecule has 1 unspecified atom stereocenters. The van der Waals surface area contributed by atoms with Gasteiger partial charge in [-0.25, -0.2) is 27.8 Å². The zero-order valence-electron chi connectivity index (χ0n) is 20.1. The van der Waals surface area contributed by atoms with Gasteiger partial charge in [0.1, 0.15) is 12.7 Å². The van der Waals surface area contributed by atoms with Crippen LogP contribution in [0.4, 0.5) is 22.0 Å². The number of aromatic nitrogens is 6. The zero-order chi connectivity index (χ0) is 26.9. The molecule has 5 rings (SSSR count). The lowest BCUT2D eigenvalue weighted by Gasteiger charge is -2.34. The van der Waals surface area contributed by atoms with Crippen molar-refractivity contribution < 1.29 is 22.0 Å². The van der Waals surface area contributed by atoms with Gasteiger partial charge in [0, 0.05) is 42.1 Å². The average molecular weight is 536 g/mol. The molecule has 202 valence electrons. The molecule has 2 aliphatic rings. The first-order chi connectivity index (χ1) is 18.2. The van der Waals surface area contributed by atoms with Gasteiger partial charge in [0.15, 0.2) is 11.5 Å². The van der Waals surface area contributed by atoms with Crippen LogP contribution in [-0.2, 0) is 12.2 Å². The molecule has 1 saturated carbocycles. The van der Waals surface area contributed by atoms with Crippen molar-refractivity contribution >= 4 is 5.57 Å². The summed E-state index contributed by atoms with van der Waals surface area (Å²) >= 11 is 0. The summed E-state index contributed by atoms with van der Waals surface area (Å²) in [6, 6.07) is 3.03. The van der Waals surface area contributed by atoms with Crippen LogP contribution < -0.4 is 16.4 Å². The van der Waals surface area contributed by atoms with E-state index < -0.39 is 31.4 Å². The van der Waals surface area contributed by atoms with E-state index in [9.17, 15) is 22.0 Å². The number of nitrogens with zero attached hydrogens (tertiary/aromatic N) is 6. The van der Waals surface area contributed by atoms with Crippen LogP contribution in [0.15, 0.2) is 54.9 Å². The fraction of sp³-hybridized carbons (Fsp3) is 0.417. The Labute approximate surface area is 214 Å². The Balaban J connectivity index is 1.46. The Morgan fingerprint density at radius 3 is 2.66 bits per heavy atom. The van der Waals surface area contributed by atoms with Crippen molar-refractivity contribution in [1.82, 2.24) is 40.2 Å². The number of hydrogen-bond acceptors (Lipinski definition) is 7. The molecule has 0 spiro atoms. The Bertz CT molecular complexity index is 1330. The molecule has 1 aliphatic heterocycles. The van der Waals surface area contributed by atoms with Crippen molar-refractivity contribution in [3.05, 3.63) is 66.3 Å². The van der Waals surface area contributed by atoms with E-state index in [4.69, 9.17) is 5.73 Å². The summed E-state index contributed by atoms with van der Waals surface area (Å²) < 4.78 is 67.1. The van der Waals surface area contributed by atoms with Crippen LogP contribution in [0.3, 0.4) is 0 Å². The predicted molar refractivity (Wildman–Crippen MR) is 128 cm³/mol. The number of rotatable bonds is 8. The van der Waals surface area contributed by atoms with Crippen LogP contribution in [0.5, 0.6) is 0 Å². The van der Waals surface area contributed by atoms with E-state index in [0.717, 1.165) is 4.68 Å². The number of allylic oxidation sites excluding steroid dienone is 1. The number of nitrogens with two attached hydrogens (primary N) is 1. The lowest BCUT2D eigenvalue weighted by atomic mass is 9.91. The summed E-state index contributed by atoms with van der Waals surface area (Å²) in [5, 5.41) is 14.4. The molecule has 38 heavy (non-hydrogen) atoms. The van der Waals surface area contributed by atoms with E-state index in [0.29, 0.717) is 58.6 Å². The SMILES string of the molecule is NC1(c2ccnc(-c3cnn(CC(F)F)c3)n2)C=C(NC2CCC(F)CC2)C(c2ccn(C(F)F)n2)=CN1. The third-order valence-corrected chi connectivity index (χ3v) is 6.51. The van der Waals surface area contributed by atoms with Crippen molar-refractivity contribution in [3.8, 4) is 11.4 Å². The molecular weight excluding hydrogens is 509 g/mol. The quantitative estimate of drug-likeness (QED) is 0.377. The van der Waals surface area contributed by atoms with Crippen molar-refractivity contribution in [2.75, 3.05) is 0 Å². The highest BCUT2D eigenvalue weighted by atomic mass is 19.3. The lowest BCUT2D eigenvalue weighted by molar-refractivity contribution is 0.0565. The Morgan fingerprint density at radius 1 is 1.16 bits per heavy atom. The summed E-state index contributed by atoms with van der Waals surface area (Å²) in [5.41, 5.74) is 7.53. The zero-order valence-corrected chi connectivity index (χ0v) is 20.1. The normalized spacial score (nSPS) is 23.8. The van der Waals surface area contributed by atoms with E-state index in [2.05, 4.69) is 30.8 Å². The largest absolute Gasteiger partial charge is 0.382 e. The standard InChI is InChI=1S/C24H26F5N9/c25-15-1-3-16(4-2-15)34-19-9-24(30,32-11-17(19)18-6-8-38(36-18)23(28)29)20-5-7-31-22(35-20)14-10-33-37(12-14)13-21(26)27/h5-12,15-16,21,23,32,34H,1-4,13,30H2. The fourth-order valence-corrected chi connectivity index (χ4v) is 4.55. The second-order valence-corrected chi connectivity index (χ2v) is 9.29. The summed E-state index contributed by atoms with van der Waals surface area (Å²) in [5.74, 6) is 0.240. The van der Waals surface area contributed by atoms with Crippen molar-refractivity contribution in [2.45, 2.75) is 63.1 Å². The molecule has 4 N–H and O–H groups in total. The highest BCUT2D eigenvalue weighted by Gasteiger charge is 2.33. The summed E-state index contributed by atoms with van der Waals surface area (Å²) in [6.45, 7) is -3.35. The third-order valence-electron chi connectivity index (χ3n) is 6.51. The summed E-state index contributed by atoms with van der Waals surface area (Å²) in [7, 11) is 0. The summed E-state index contributed by atoms with van der Waals surface area (Å²) in [4.78, 5) is 8.76. The van der Waals surface area contributed by atoms with Crippen molar-refractivity contribution in [2.24, 2.45) is 5.73 Å². The van der Waals surface area contributed by atoms with Gasteiger partial charge < -0.3 is 16.4 Å². The Hall–Kier alpha value is -3.81. The fourth-order valence-electron chi connectivity index (χ4n) is 4.55. The van der Waals surface area contributed by atoms with Gasteiger partial charge in [-0.1, -0.05) is 0 Å². The minimum Gasteiger partial charge on any atom is -0.382 e. The van der Waals surface area contributed by atoms with Gasteiger partial charge >= 0.3 is 6.55 Å². The van der Waals surface area contributed by atoms with Gasteiger partial charge in [-0.3, -0.25) is 4.68 Å². The van der Waals surface area contributed by atoms with Crippen LogP contribution >= 0.6 is 0 Å². The van der Waals surface area contributed by atoms with E-state index in [1.807, 2.05) is 0 Å². The summed E-state index contributed by atoms with van der Waals surface area (Å²) in [6.07, 6.45) is 7.38. The first kappa shape index (κ1) is 25.8. The maximum atomic E-state index is 13.7. The first-order valence-electron chi connectivity index (χ1n) is 12.1. The molecule has 3 aromatic heterocycles. The van der Waals surface area contributed by atoms with Crippen LogP contribution in [0.1, 0.15) is 43.6 Å². The minimum absolute atomic E-state index is 0.0437. The van der Waals surface area contributed by atoms with Crippen molar-refractivity contribution in [3.63, 3.8) is 0 Å². The minimum atomic E-state index is -2.79. The number of alkyl halides is 5. The number of dihydropyridines is 1.